The van der Waals surface area contributed by atoms with Crippen molar-refractivity contribution in [3.63, 3.8) is 0 Å². The molecule has 0 bridgehead atoms. The molecule has 0 N–H and O–H groups in total. The van der Waals surface area contributed by atoms with Crippen LogP contribution in [0.3, 0.4) is 0 Å². The molecule has 1 atom stereocenters. The fourth-order valence-corrected chi connectivity index (χ4v) is 3.07. The number of thiazole rings is 1. The lowest BCUT2D eigenvalue weighted by molar-refractivity contribution is 0.421. The standard InChI is InChI=1S/C16H14N6S/c1-2-5-13(6-3-1)15(12-21-9-4-7-18-21)22-11-14(19-20-22)16-17-8-10-23-16/h1-11,15H,12H2/t15-/m0/s1. The van der Waals surface area contributed by atoms with Gasteiger partial charge in [0.15, 0.2) is 0 Å². The van der Waals surface area contributed by atoms with Crippen LogP contribution in [0.5, 0.6) is 0 Å². The monoisotopic (exact) mass is 322 g/mol. The average molecular weight is 322 g/mol. The highest BCUT2D eigenvalue weighted by atomic mass is 32.1. The van der Waals surface area contributed by atoms with Gasteiger partial charge in [0.1, 0.15) is 10.7 Å². The Bertz CT molecular complexity index is 851. The number of benzene rings is 1. The summed E-state index contributed by atoms with van der Waals surface area (Å²) >= 11 is 1.56. The van der Waals surface area contributed by atoms with E-state index in [2.05, 4.69) is 32.5 Å². The van der Waals surface area contributed by atoms with Crippen molar-refractivity contribution in [1.29, 1.82) is 0 Å². The van der Waals surface area contributed by atoms with E-state index in [0.717, 1.165) is 10.7 Å². The Labute approximate surface area is 137 Å². The van der Waals surface area contributed by atoms with Crippen molar-refractivity contribution in [2.24, 2.45) is 0 Å². The summed E-state index contributed by atoms with van der Waals surface area (Å²) in [6.07, 6.45) is 7.45. The maximum Gasteiger partial charge on any atom is 0.145 e. The molecule has 0 aliphatic carbocycles. The number of hydrogen-bond acceptors (Lipinski definition) is 5. The molecule has 0 amide bonds. The molecule has 0 spiro atoms. The van der Waals surface area contributed by atoms with Crippen molar-refractivity contribution in [2.45, 2.75) is 12.6 Å². The number of rotatable bonds is 5. The maximum absolute atomic E-state index is 4.32. The molecule has 3 aromatic heterocycles. The lowest BCUT2D eigenvalue weighted by atomic mass is 10.1. The molecule has 7 heteroatoms. The Kier molecular flexibility index (Phi) is 3.69. The van der Waals surface area contributed by atoms with Crippen LogP contribution in [0.2, 0.25) is 0 Å². The van der Waals surface area contributed by atoms with Gasteiger partial charge in [-0.05, 0) is 11.6 Å². The van der Waals surface area contributed by atoms with Crippen LogP contribution in [-0.4, -0.2) is 29.8 Å². The minimum absolute atomic E-state index is 0.0253. The van der Waals surface area contributed by atoms with Gasteiger partial charge in [0.25, 0.3) is 0 Å². The second-order valence-corrected chi connectivity index (χ2v) is 5.97. The minimum Gasteiger partial charge on any atom is -0.270 e. The van der Waals surface area contributed by atoms with Crippen LogP contribution in [-0.2, 0) is 6.54 Å². The fraction of sp³-hybridized carbons (Fsp3) is 0.125. The molecule has 23 heavy (non-hydrogen) atoms. The molecule has 0 aliphatic rings. The minimum atomic E-state index is 0.0253. The fourth-order valence-electron chi connectivity index (χ4n) is 2.48. The van der Waals surface area contributed by atoms with Gasteiger partial charge in [0, 0.05) is 24.0 Å². The second-order valence-electron chi connectivity index (χ2n) is 5.08. The van der Waals surface area contributed by atoms with Gasteiger partial charge in [-0.2, -0.15) is 5.10 Å². The van der Waals surface area contributed by atoms with E-state index in [1.165, 1.54) is 5.56 Å². The summed E-state index contributed by atoms with van der Waals surface area (Å²) in [4.78, 5) is 4.29. The molecule has 114 valence electrons. The third-order valence-electron chi connectivity index (χ3n) is 3.58. The molecule has 0 unspecified atom stereocenters. The smallest absolute Gasteiger partial charge is 0.145 e. The van der Waals surface area contributed by atoms with Gasteiger partial charge in [-0.25, -0.2) is 9.67 Å². The molecule has 0 saturated carbocycles. The van der Waals surface area contributed by atoms with E-state index < -0.39 is 0 Å². The molecular weight excluding hydrogens is 308 g/mol. The van der Waals surface area contributed by atoms with Crippen LogP contribution in [0.15, 0.2) is 66.6 Å². The zero-order chi connectivity index (χ0) is 15.5. The SMILES string of the molecule is c1ccc([C@H](Cn2cccn2)n2cc(-c3nccs3)nn2)cc1. The molecule has 4 rings (SSSR count). The number of aromatic nitrogens is 6. The lowest BCUT2D eigenvalue weighted by Crippen LogP contribution is -2.18. The van der Waals surface area contributed by atoms with E-state index >= 15 is 0 Å². The van der Waals surface area contributed by atoms with Gasteiger partial charge in [0.2, 0.25) is 0 Å². The highest BCUT2D eigenvalue weighted by Gasteiger charge is 2.17. The molecule has 0 aliphatic heterocycles. The van der Waals surface area contributed by atoms with E-state index in [-0.39, 0.29) is 6.04 Å². The lowest BCUT2D eigenvalue weighted by Gasteiger charge is -2.17. The normalized spacial score (nSPS) is 12.3. The highest BCUT2D eigenvalue weighted by Crippen LogP contribution is 2.23. The molecule has 1 aromatic carbocycles. The Balaban J connectivity index is 1.70. The summed E-state index contributed by atoms with van der Waals surface area (Å²) in [5.41, 5.74) is 1.96. The molecule has 3 heterocycles. The van der Waals surface area contributed by atoms with Crippen molar-refractivity contribution in [2.75, 3.05) is 0 Å². The van der Waals surface area contributed by atoms with E-state index in [9.17, 15) is 0 Å². The Morgan fingerprint density at radius 3 is 2.74 bits per heavy atom. The summed E-state index contributed by atoms with van der Waals surface area (Å²) in [6.45, 7) is 0.692. The average Bonchev–Trinajstić information content (AvgIpc) is 3.34. The molecule has 4 aromatic rings. The topological polar surface area (TPSA) is 61.4 Å². The Morgan fingerprint density at radius 1 is 1.09 bits per heavy atom. The Hall–Kier alpha value is -2.80. The maximum atomic E-state index is 4.32. The number of hydrogen-bond donors (Lipinski definition) is 0. The first kappa shape index (κ1) is 13.8. The van der Waals surface area contributed by atoms with Crippen molar-refractivity contribution in [3.8, 4) is 10.7 Å². The van der Waals surface area contributed by atoms with Crippen molar-refractivity contribution in [3.05, 3.63) is 72.1 Å². The van der Waals surface area contributed by atoms with Gasteiger partial charge >= 0.3 is 0 Å². The Morgan fingerprint density at radius 2 is 2.00 bits per heavy atom. The zero-order valence-corrected chi connectivity index (χ0v) is 13.0. The third kappa shape index (κ3) is 2.91. The second kappa shape index (κ2) is 6.13. The zero-order valence-electron chi connectivity index (χ0n) is 12.2. The van der Waals surface area contributed by atoms with E-state index in [4.69, 9.17) is 0 Å². The third-order valence-corrected chi connectivity index (χ3v) is 4.38. The first-order valence-corrected chi connectivity index (χ1v) is 8.12. The number of nitrogens with zero attached hydrogens (tertiary/aromatic N) is 6. The van der Waals surface area contributed by atoms with E-state index in [0.29, 0.717) is 6.54 Å². The predicted molar refractivity (Wildman–Crippen MR) is 87.9 cm³/mol. The largest absolute Gasteiger partial charge is 0.270 e. The van der Waals surface area contributed by atoms with Crippen molar-refractivity contribution < 1.29 is 0 Å². The van der Waals surface area contributed by atoms with Gasteiger partial charge < -0.3 is 0 Å². The summed E-state index contributed by atoms with van der Waals surface area (Å²) in [5.74, 6) is 0. The summed E-state index contributed by atoms with van der Waals surface area (Å²) < 4.78 is 3.79. The highest BCUT2D eigenvalue weighted by molar-refractivity contribution is 7.13. The van der Waals surface area contributed by atoms with E-state index in [1.54, 1.807) is 23.7 Å². The van der Waals surface area contributed by atoms with Crippen LogP contribution in [0.1, 0.15) is 11.6 Å². The van der Waals surface area contributed by atoms with Crippen LogP contribution in [0.4, 0.5) is 0 Å². The van der Waals surface area contributed by atoms with Crippen LogP contribution in [0, 0.1) is 0 Å². The van der Waals surface area contributed by atoms with Crippen LogP contribution in [0.25, 0.3) is 10.7 Å². The molecule has 0 radical (unpaired) electrons. The van der Waals surface area contributed by atoms with Crippen LogP contribution < -0.4 is 0 Å². The van der Waals surface area contributed by atoms with E-state index in [1.807, 2.05) is 51.4 Å². The first-order valence-electron chi connectivity index (χ1n) is 7.24. The summed E-state index contributed by atoms with van der Waals surface area (Å²) in [7, 11) is 0. The first-order chi connectivity index (χ1) is 11.4. The molecule has 6 nitrogen and oxygen atoms in total. The van der Waals surface area contributed by atoms with Crippen LogP contribution >= 0.6 is 11.3 Å². The van der Waals surface area contributed by atoms with Gasteiger partial charge in [-0.1, -0.05) is 35.5 Å². The molecule has 0 fully saturated rings. The predicted octanol–water partition coefficient (Wildman–Crippen LogP) is 2.89. The molecule has 0 saturated heterocycles. The van der Waals surface area contributed by atoms with Crippen molar-refractivity contribution in [1.82, 2.24) is 29.8 Å². The van der Waals surface area contributed by atoms with Gasteiger partial charge in [0.05, 0.1) is 18.8 Å². The van der Waals surface area contributed by atoms with Gasteiger partial charge in [-0.15, -0.1) is 16.4 Å². The summed E-state index contributed by atoms with van der Waals surface area (Å²) in [6, 6.07) is 12.2. The molecular formula is C16H14N6S. The quantitative estimate of drug-likeness (QED) is 0.567. The van der Waals surface area contributed by atoms with Gasteiger partial charge in [-0.3, -0.25) is 4.68 Å². The van der Waals surface area contributed by atoms with Crippen molar-refractivity contribution >= 4 is 11.3 Å². The summed E-state index contributed by atoms with van der Waals surface area (Å²) in [5, 5.41) is 15.7.